The second-order valence-corrected chi connectivity index (χ2v) is 2.30. The van der Waals surface area contributed by atoms with Crippen LogP contribution in [0.1, 0.15) is 10.4 Å². The molecule has 0 aliphatic heterocycles. The summed E-state index contributed by atoms with van der Waals surface area (Å²) in [6.07, 6.45) is 0. The zero-order valence-corrected chi connectivity index (χ0v) is 6.26. The fourth-order valence-corrected chi connectivity index (χ4v) is 0.822. The highest BCUT2D eigenvalue weighted by Gasteiger charge is 2.04. The predicted octanol–water partition coefficient (Wildman–Crippen LogP) is 0.544. The summed E-state index contributed by atoms with van der Waals surface area (Å²) in [5.41, 5.74) is 0.643. The Labute approximate surface area is 68.0 Å². The molecule has 0 aliphatic rings. The Balaban J connectivity index is 3.10. The minimum Gasteiger partial charge on any atom is -0.276 e. The summed E-state index contributed by atoms with van der Waals surface area (Å²) in [5, 5.41) is 1.09. The van der Waals surface area contributed by atoms with Crippen LogP contribution < -0.4 is 5.18 Å². The molecule has 0 heterocycles. The van der Waals surface area contributed by atoms with Crippen LogP contribution in [0.3, 0.4) is 0 Å². The smallest absolute Gasteiger partial charge is 0.254 e. The fraction of sp³-hybridized carbons (Fsp3) is 0. The van der Waals surface area contributed by atoms with Crippen molar-refractivity contribution >= 4 is 22.5 Å². The van der Waals surface area contributed by atoms with Gasteiger partial charge in [0.2, 0.25) is 0 Å². The molecule has 0 spiro atoms. The molecule has 0 atom stereocenters. The number of rotatable bonds is 2. The highest BCUT2D eigenvalue weighted by atomic mass is 35.5. The number of nitrogens with one attached hydrogen (secondary N) is 1. The number of nitroso groups, excluding NO2 is 1. The molecule has 0 saturated carbocycles. The van der Waals surface area contributed by atoms with E-state index < -0.39 is 5.24 Å². The van der Waals surface area contributed by atoms with Gasteiger partial charge in [-0.05, 0) is 17.7 Å². The maximum absolute atomic E-state index is 10.5. The highest BCUT2D eigenvalue weighted by Crippen LogP contribution is 2.07. The molecule has 4 heteroatoms. The lowest BCUT2D eigenvalue weighted by Crippen LogP contribution is -2.55. The quantitative estimate of drug-likeness (QED) is 0.659. The second kappa shape index (κ2) is 3.25. The van der Waals surface area contributed by atoms with Crippen LogP contribution in [-0.2, 0) is 0 Å². The molecule has 3 nitrogen and oxygen atoms in total. The van der Waals surface area contributed by atoms with E-state index in [0.717, 1.165) is 0 Å². The van der Waals surface area contributed by atoms with Crippen LogP contribution in [0.5, 0.6) is 0 Å². The first kappa shape index (κ1) is 7.88. The van der Waals surface area contributed by atoms with Crippen molar-refractivity contribution in [2.75, 3.05) is 0 Å². The fourth-order valence-electron chi connectivity index (χ4n) is 0.705. The van der Waals surface area contributed by atoms with Crippen LogP contribution in [0.25, 0.3) is 0 Å². The number of halogens is 1. The molecule has 56 valence electrons. The van der Waals surface area contributed by atoms with Crippen molar-refractivity contribution in [2.45, 2.75) is 0 Å². The van der Waals surface area contributed by atoms with Crippen LogP contribution in [0.2, 0.25) is 0 Å². The Morgan fingerprint density at radius 2 is 2.18 bits per heavy atom. The van der Waals surface area contributed by atoms with Gasteiger partial charge in [0.1, 0.15) is 0 Å². The Morgan fingerprint density at radius 3 is 2.73 bits per heavy atom. The largest absolute Gasteiger partial charge is 0.276 e. The number of benzene rings is 1. The summed E-state index contributed by atoms with van der Waals surface area (Å²) < 4.78 is 0. The lowest BCUT2D eigenvalue weighted by atomic mass is 10.2. The monoisotopic (exact) mass is 170 g/mol. The molecule has 0 unspecified atom stereocenters. The molecule has 11 heavy (non-hydrogen) atoms. The lowest BCUT2D eigenvalue weighted by Gasteiger charge is -1.88. The van der Waals surface area contributed by atoms with E-state index in [1.807, 2.05) is 0 Å². The van der Waals surface area contributed by atoms with E-state index in [9.17, 15) is 9.70 Å². The van der Waals surface area contributed by atoms with Crippen LogP contribution >= 0.6 is 11.6 Å². The van der Waals surface area contributed by atoms with Crippen molar-refractivity contribution in [3.63, 3.8) is 0 Å². The lowest BCUT2D eigenvalue weighted by molar-refractivity contribution is -0.379. The van der Waals surface area contributed by atoms with Crippen molar-refractivity contribution in [1.29, 1.82) is 0 Å². The Morgan fingerprint density at radius 1 is 1.45 bits per heavy atom. The normalized spacial score (nSPS) is 9.18. The zero-order chi connectivity index (χ0) is 8.27. The zero-order valence-electron chi connectivity index (χ0n) is 5.50. The summed E-state index contributed by atoms with van der Waals surface area (Å²) in [6.45, 7) is 0. The molecule has 0 aliphatic carbocycles. The Bertz CT molecular complexity index is 298. The molecule has 0 aromatic heterocycles. The maximum Gasteiger partial charge on any atom is 0.254 e. The summed E-state index contributed by atoms with van der Waals surface area (Å²) in [6, 6.07) is 6.06. The topological polar surface area (TPSA) is 48.1 Å². The van der Waals surface area contributed by atoms with Gasteiger partial charge in [-0.1, -0.05) is 6.07 Å². The van der Waals surface area contributed by atoms with Crippen molar-refractivity contribution < 1.29 is 9.97 Å². The second-order valence-electron chi connectivity index (χ2n) is 1.96. The number of carbonyl (C=O) groups excluding carboxylic acids is 1. The van der Waals surface area contributed by atoms with Gasteiger partial charge in [-0.3, -0.25) is 4.79 Å². The SMILES string of the molecule is O=[NH+]c1cccc(C(=O)Cl)c1. The minimum atomic E-state index is -0.568. The number of hydrogen-bond acceptors (Lipinski definition) is 2. The molecule has 1 aromatic rings. The van der Waals surface area contributed by atoms with Gasteiger partial charge >= 0.3 is 0 Å². The average molecular weight is 171 g/mol. The average Bonchev–Trinajstić information content (AvgIpc) is 2.05. The third-order valence-corrected chi connectivity index (χ3v) is 1.43. The van der Waals surface area contributed by atoms with Gasteiger partial charge in [-0.15, -0.1) is 0 Å². The van der Waals surface area contributed by atoms with Gasteiger partial charge in [0.25, 0.3) is 10.9 Å². The van der Waals surface area contributed by atoms with E-state index >= 15 is 0 Å². The van der Waals surface area contributed by atoms with Crippen molar-refractivity contribution in [1.82, 2.24) is 0 Å². The highest BCUT2D eigenvalue weighted by molar-refractivity contribution is 6.67. The standard InChI is InChI=1S/C7H4ClNO2/c8-7(10)5-2-1-3-6(4-5)9-11/h1-4H/p+1. The predicted molar refractivity (Wildman–Crippen MR) is 40.6 cm³/mol. The van der Waals surface area contributed by atoms with Crippen LogP contribution in [0, 0.1) is 4.91 Å². The Kier molecular flexibility index (Phi) is 2.33. The van der Waals surface area contributed by atoms with E-state index in [-0.39, 0.29) is 0 Å². The summed E-state index contributed by atoms with van der Waals surface area (Å²) in [5.74, 6) is 0. The first-order valence-electron chi connectivity index (χ1n) is 2.92. The van der Waals surface area contributed by atoms with E-state index in [4.69, 9.17) is 11.6 Å². The van der Waals surface area contributed by atoms with Gasteiger partial charge in [0, 0.05) is 27.8 Å². The molecule has 1 aromatic carbocycles. The van der Waals surface area contributed by atoms with Gasteiger partial charge in [-0.2, -0.15) is 0 Å². The van der Waals surface area contributed by atoms with Gasteiger partial charge < -0.3 is 0 Å². The Hall–Kier alpha value is -1.22. The van der Waals surface area contributed by atoms with Crippen molar-refractivity contribution in [3.8, 4) is 0 Å². The molecular weight excluding hydrogens is 166 g/mol. The minimum absolute atomic E-state index is 0.313. The molecule has 0 saturated heterocycles. The molecule has 0 radical (unpaired) electrons. The number of hydrogen-bond donors (Lipinski definition) is 1. The molecule has 0 bridgehead atoms. The van der Waals surface area contributed by atoms with Gasteiger partial charge in [0.05, 0.1) is 0 Å². The van der Waals surface area contributed by atoms with E-state index in [2.05, 4.69) is 0 Å². The molecule has 0 fully saturated rings. The molecular formula is C7H5ClNO2+. The van der Waals surface area contributed by atoms with Crippen molar-refractivity contribution in [2.24, 2.45) is 0 Å². The maximum atomic E-state index is 10.5. The molecule has 0 amide bonds. The van der Waals surface area contributed by atoms with E-state index in [1.54, 1.807) is 17.3 Å². The third-order valence-electron chi connectivity index (χ3n) is 1.21. The van der Waals surface area contributed by atoms with E-state index in [1.165, 1.54) is 12.1 Å². The molecule has 1 rings (SSSR count). The molecule has 1 N–H and O–H groups in total. The van der Waals surface area contributed by atoms with Crippen LogP contribution in [0.15, 0.2) is 24.3 Å². The van der Waals surface area contributed by atoms with Crippen LogP contribution in [-0.4, -0.2) is 5.24 Å². The first-order chi connectivity index (χ1) is 5.24. The van der Waals surface area contributed by atoms with Crippen molar-refractivity contribution in [3.05, 3.63) is 34.7 Å². The summed E-state index contributed by atoms with van der Waals surface area (Å²) >= 11 is 5.16. The number of carbonyl (C=O) groups is 1. The summed E-state index contributed by atoms with van der Waals surface area (Å²) in [7, 11) is 0. The first-order valence-corrected chi connectivity index (χ1v) is 3.30. The van der Waals surface area contributed by atoms with Gasteiger partial charge in [0.15, 0.2) is 0 Å². The van der Waals surface area contributed by atoms with E-state index in [0.29, 0.717) is 11.3 Å². The van der Waals surface area contributed by atoms with Gasteiger partial charge in [-0.25, -0.2) is 0 Å². The van der Waals surface area contributed by atoms with Crippen LogP contribution in [0.4, 0.5) is 5.69 Å². The third kappa shape index (κ3) is 1.85. The summed E-state index contributed by atoms with van der Waals surface area (Å²) in [4.78, 5) is 20.7.